The van der Waals surface area contributed by atoms with E-state index in [0.29, 0.717) is 17.3 Å². The first-order valence-electron chi connectivity index (χ1n) is 7.46. The molecule has 4 nitrogen and oxygen atoms in total. The number of anilines is 2. The van der Waals surface area contributed by atoms with Crippen LogP contribution >= 0.6 is 11.6 Å². The van der Waals surface area contributed by atoms with Gasteiger partial charge in [0.2, 0.25) is 11.8 Å². The van der Waals surface area contributed by atoms with Crippen LogP contribution in [0, 0.1) is 12.8 Å². The Morgan fingerprint density at radius 1 is 1.22 bits per heavy atom. The molecule has 2 aromatic carbocycles. The Bertz CT molecular complexity index is 743. The molecule has 3 rings (SSSR count). The van der Waals surface area contributed by atoms with Gasteiger partial charge in [0.25, 0.3) is 0 Å². The number of rotatable bonds is 3. The number of benzene rings is 2. The quantitative estimate of drug-likeness (QED) is 0.935. The van der Waals surface area contributed by atoms with Crippen molar-refractivity contribution in [3.8, 4) is 0 Å². The molecule has 23 heavy (non-hydrogen) atoms. The smallest absolute Gasteiger partial charge is 0.229 e. The van der Waals surface area contributed by atoms with E-state index in [-0.39, 0.29) is 24.2 Å². The minimum atomic E-state index is -0.359. The lowest BCUT2D eigenvalue weighted by atomic mass is 10.1. The number of hydrogen-bond donors (Lipinski definition) is 1. The molecule has 1 aliphatic heterocycles. The van der Waals surface area contributed by atoms with E-state index in [1.807, 2.05) is 31.2 Å². The number of halogens is 1. The van der Waals surface area contributed by atoms with E-state index in [2.05, 4.69) is 5.32 Å². The van der Waals surface area contributed by atoms with Crippen LogP contribution in [0.2, 0.25) is 5.02 Å². The summed E-state index contributed by atoms with van der Waals surface area (Å²) >= 11 is 5.91. The van der Waals surface area contributed by atoms with Crippen LogP contribution in [0.4, 0.5) is 11.4 Å². The van der Waals surface area contributed by atoms with Gasteiger partial charge in [0, 0.05) is 29.4 Å². The molecule has 2 aromatic rings. The van der Waals surface area contributed by atoms with Crippen molar-refractivity contribution >= 4 is 34.8 Å². The monoisotopic (exact) mass is 328 g/mol. The number of carbonyl (C=O) groups excluding carboxylic acids is 2. The Labute approximate surface area is 140 Å². The molecule has 1 atom stereocenters. The molecule has 1 fully saturated rings. The standard InChI is InChI=1S/C18H17ClN2O2/c1-12-5-7-16(8-6-12)21-11-13(9-17(21)22)18(23)20-15-4-2-3-14(19)10-15/h2-8,10,13H,9,11H2,1H3,(H,20,23). The number of nitrogens with zero attached hydrogens (tertiary/aromatic N) is 1. The zero-order chi connectivity index (χ0) is 16.4. The highest BCUT2D eigenvalue weighted by Crippen LogP contribution is 2.26. The molecule has 1 heterocycles. The Kier molecular flexibility index (Phi) is 4.35. The number of carbonyl (C=O) groups is 2. The van der Waals surface area contributed by atoms with Gasteiger partial charge in [-0.3, -0.25) is 9.59 Å². The molecule has 1 unspecified atom stereocenters. The first-order valence-corrected chi connectivity index (χ1v) is 7.84. The van der Waals surface area contributed by atoms with E-state index in [0.717, 1.165) is 11.3 Å². The van der Waals surface area contributed by atoms with Gasteiger partial charge in [-0.1, -0.05) is 35.4 Å². The Morgan fingerprint density at radius 2 is 1.96 bits per heavy atom. The summed E-state index contributed by atoms with van der Waals surface area (Å²) < 4.78 is 0. The molecular formula is C18H17ClN2O2. The van der Waals surface area contributed by atoms with Gasteiger partial charge in [0.15, 0.2) is 0 Å². The average molecular weight is 329 g/mol. The molecule has 0 radical (unpaired) electrons. The maximum Gasteiger partial charge on any atom is 0.229 e. The minimum absolute atomic E-state index is 0.0277. The summed E-state index contributed by atoms with van der Waals surface area (Å²) in [6.45, 7) is 2.39. The number of nitrogens with one attached hydrogen (secondary N) is 1. The van der Waals surface area contributed by atoms with E-state index >= 15 is 0 Å². The van der Waals surface area contributed by atoms with Crippen molar-refractivity contribution in [1.82, 2.24) is 0 Å². The van der Waals surface area contributed by atoms with Crippen LogP contribution in [-0.2, 0) is 9.59 Å². The van der Waals surface area contributed by atoms with Gasteiger partial charge in [0.1, 0.15) is 0 Å². The summed E-state index contributed by atoms with van der Waals surface area (Å²) in [5, 5.41) is 3.39. The Morgan fingerprint density at radius 3 is 2.65 bits per heavy atom. The summed E-state index contributed by atoms with van der Waals surface area (Å²) in [5.41, 5.74) is 2.61. The first kappa shape index (κ1) is 15.6. The summed E-state index contributed by atoms with van der Waals surface area (Å²) in [4.78, 5) is 26.2. The third kappa shape index (κ3) is 3.54. The molecule has 1 N–H and O–H groups in total. The second-order valence-corrected chi connectivity index (χ2v) is 6.18. The fraction of sp³-hybridized carbons (Fsp3) is 0.222. The van der Waals surface area contributed by atoms with Crippen molar-refractivity contribution < 1.29 is 9.59 Å². The fourth-order valence-electron chi connectivity index (χ4n) is 2.67. The topological polar surface area (TPSA) is 49.4 Å². The lowest BCUT2D eigenvalue weighted by Gasteiger charge is -2.17. The molecular weight excluding hydrogens is 312 g/mol. The van der Waals surface area contributed by atoms with Gasteiger partial charge >= 0.3 is 0 Å². The molecule has 1 aliphatic rings. The van der Waals surface area contributed by atoms with Crippen LogP contribution < -0.4 is 10.2 Å². The molecule has 0 spiro atoms. The van der Waals surface area contributed by atoms with E-state index in [9.17, 15) is 9.59 Å². The maximum absolute atomic E-state index is 12.4. The van der Waals surface area contributed by atoms with Crippen LogP contribution in [-0.4, -0.2) is 18.4 Å². The van der Waals surface area contributed by atoms with Crippen LogP contribution in [0.3, 0.4) is 0 Å². The zero-order valence-electron chi connectivity index (χ0n) is 12.8. The van der Waals surface area contributed by atoms with E-state index < -0.39 is 0 Å². The van der Waals surface area contributed by atoms with Crippen molar-refractivity contribution in [2.45, 2.75) is 13.3 Å². The Balaban J connectivity index is 1.69. The number of hydrogen-bond acceptors (Lipinski definition) is 2. The molecule has 118 valence electrons. The van der Waals surface area contributed by atoms with E-state index in [1.54, 1.807) is 29.2 Å². The summed E-state index contributed by atoms with van der Waals surface area (Å²) in [7, 11) is 0. The van der Waals surface area contributed by atoms with E-state index in [1.165, 1.54) is 0 Å². The molecule has 0 aliphatic carbocycles. The Hall–Kier alpha value is -2.33. The lowest BCUT2D eigenvalue weighted by Crippen LogP contribution is -2.28. The van der Waals surface area contributed by atoms with Crippen LogP contribution in [0.5, 0.6) is 0 Å². The first-order chi connectivity index (χ1) is 11.0. The highest BCUT2D eigenvalue weighted by molar-refractivity contribution is 6.30. The summed E-state index contributed by atoms with van der Waals surface area (Å²) in [5.74, 6) is -0.543. The van der Waals surface area contributed by atoms with E-state index in [4.69, 9.17) is 11.6 Å². The highest BCUT2D eigenvalue weighted by Gasteiger charge is 2.35. The number of amides is 2. The van der Waals surface area contributed by atoms with Crippen molar-refractivity contribution in [1.29, 1.82) is 0 Å². The molecule has 0 bridgehead atoms. The maximum atomic E-state index is 12.4. The molecule has 0 saturated carbocycles. The molecule has 5 heteroatoms. The lowest BCUT2D eigenvalue weighted by molar-refractivity contribution is -0.122. The molecule has 2 amide bonds. The van der Waals surface area contributed by atoms with Crippen molar-refractivity contribution in [2.75, 3.05) is 16.8 Å². The van der Waals surface area contributed by atoms with Gasteiger partial charge < -0.3 is 10.2 Å². The van der Waals surface area contributed by atoms with Crippen molar-refractivity contribution in [2.24, 2.45) is 5.92 Å². The fourth-order valence-corrected chi connectivity index (χ4v) is 2.86. The van der Waals surface area contributed by atoms with Gasteiger partial charge in [0.05, 0.1) is 5.92 Å². The van der Waals surface area contributed by atoms with Gasteiger partial charge in [-0.2, -0.15) is 0 Å². The van der Waals surface area contributed by atoms with Crippen LogP contribution in [0.1, 0.15) is 12.0 Å². The van der Waals surface area contributed by atoms with Gasteiger partial charge in [-0.25, -0.2) is 0 Å². The average Bonchev–Trinajstić information content (AvgIpc) is 2.90. The summed E-state index contributed by atoms with van der Waals surface area (Å²) in [6.07, 6.45) is 0.222. The molecule has 0 aromatic heterocycles. The SMILES string of the molecule is Cc1ccc(N2CC(C(=O)Nc3cccc(Cl)c3)CC2=O)cc1. The predicted octanol–water partition coefficient (Wildman–Crippen LogP) is 3.64. The predicted molar refractivity (Wildman–Crippen MR) is 91.7 cm³/mol. The van der Waals surface area contributed by atoms with Gasteiger partial charge in [-0.15, -0.1) is 0 Å². The zero-order valence-corrected chi connectivity index (χ0v) is 13.5. The second-order valence-electron chi connectivity index (χ2n) is 5.74. The third-order valence-electron chi connectivity index (χ3n) is 3.93. The largest absolute Gasteiger partial charge is 0.326 e. The normalized spacial score (nSPS) is 17.4. The van der Waals surface area contributed by atoms with Crippen LogP contribution in [0.25, 0.3) is 0 Å². The second kappa shape index (κ2) is 6.42. The third-order valence-corrected chi connectivity index (χ3v) is 4.17. The molecule has 1 saturated heterocycles. The minimum Gasteiger partial charge on any atom is -0.326 e. The summed E-state index contributed by atoms with van der Waals surface area (Å²) in [6, 6.07) is 14.7. The van der Waals surface area contributed by atoms with Crippen LogP contribution in [0.15, 0.2) is 48.5 Å². The van der Waals surface area contributed by atoms with Crippen molar-refractivity contribution in [3.63, 3.8) is 0 Å². The number of aryl methyl sites for hydroxylation is 1. The van der Waals surface area contributed by atoms with Gasteiger partial charge in [-0.05, 0) is 37.3 Å². The highest BCUT2D eigenvalue weighted by atomic mass is 35.5. The van der Waals surface area contributed by atoms with Crippen molar-refractivity contribution in [3.05, 3.63) is 59.1 Å².